The SMILES string of the molecule is COC[C@@]1(O)CC[C@H]2[C@@H](CC[C@@H]3[C@@H]2CC[C@]2(C)C(=O)C=C[C@@H]32)C1. The number of aliphatic hydroxyl groups is 1. The lowest BCUT2D eigenvalue weighted by Crippen LogP contribution is -2.52. The fourth-order valence-corrected chi connectivity index (χ4v) is 6.63. The number of carbonyl (C=O) groups excluding carboxylic acids is 1. The molecule has 4 rings (SSSR count). The number of hydrogen-bond acceptors (Lipinski definition) is 3. The number of hydrogen-bond donors (Lipinski definition) is 1. The smallest absolute Gasteiger partial charge is 0.161 e. The molecule has 0 spiro atoms. The van der Waals surface area contributed by atoms with Crippen LogP contribution in [-0.4, -0.2) is 30.2 Å². The first-order valence-electron chi connectivity index (χ1n) is 9.41. The van der Waals surface area contributed by atoms with Gasteiger partial charge in [-0.15, -0.1) is 0 Å². The fourth-order valence-electron chi connectivity index (χ4n) is 6.63. The van der Waals surface area contributed by atoms with Crippen molar-refractivity contribution in [3.63, 3.8) is 0 Å². The minimum atomic E-state index is -0.602. The Morgan fingerprint density at radius 1 is 1.17 bits per heavy atom. The van der Waals surface area contributed by atoms with E-state index in [1.54, 1.807) is 7.11 Å². The van der Waals surface area contributed by atoms with Gasteiger partial charge in [-0.1, -0.05) is 13.0 Å². The van der Waals surface area contributed by atoms with Crippen LogP contribution in [0, 0.1) is 35.0 Å². The summed E-state index contributed by atoms with van der Waals surface area (Å²) in [6.07, 6.45) is 11.7. The number of methoxy groups -OCH3 is 1. The first-order valence-corrected chi connectivity index (χ1v) is 9.41. The highest BCUT2D eigenvalue weighted by atomic mass is 16.5. The second kappa shape index (κ2) is 5.42. The second-order valence-electron chi connectivity index (χ2n) is 8.93. The molecule has 4 aliphatic rings. The van der Waals surface area contributed by atoms with Gasteiger partial charge in [0.15, 0.2) is 5.78 Å². The van der Waals surface area contributed by atoms with E-state index < -0.39 is 5.60 Å². The molecule has 3 saturated carbocycles. The van der Waals surface area contributed by atoms with E-state index in [2.05, 4.69) is 13.0 Å². The Morgan fingerprint density at radius 2 is 1.96 bits per heavy atom. The topological polar surface area (TPSA) is 46.5 Å². The zero-order valence-corrected chi connectivity index (χ0v) is 14.5. The summed E-state index contributed by atoms with van der Waals surface area (Å²) in [5, 5.41) is 10.8. The molecule has 0 aromatic heterocycles. The van der Waals surface area contributed by atoms with Gasteiger partial charge in [-0.25, -0.2) is 0 Å². The van der Waals surface area contributed by atoms with Crippen molar-refractivity contribution >= 4 is 5.78 Å². The van der Waals surface area contributed by atoms with Crippen LogP contribution in [0.1, 0.15) is 51.9 Å². The van der Waals surface area contributed by atoms with Gasteiger partial charge < -0.3 is 9.84 Å². The van der Waals surface area contributed by atoms with Crippen LogP contribution < -0.4 is 0 Å². The first kappa shape index (κ1) is 15.8. The molecule has 0 amide bonds. The van der Waals surface area contributed by atoms with E-state index in [1.807, 2.05) is 6.08 Å². The maximum atomic E-state index is 12.3. The van der Waals surface area contributed by atoms with Crippen LogP contribution in [0.3, 0.4) is 0 Å². The van der Waals surface area contributed by atoms with Crippen LogP contribution in [0.25, 0.3) is 0 Å². The zero-order chi connectivity index (χ0) is 16.2. The van der Waals surface area contributed by atoms with Gasteiger partial charge >= 0.3 is 0 Å². The molecule has 0 heterocycles. The monoisotopic (exact) mass is 318 g/mol. The fraction of sp³-hybridized carbons (Fsp3) is 0.850. The standard InChI is InChI=1S/C20H30O3/c1-19-9-7-15-14-8-10-20(22,12-23-2)11-13(14)3-4-16(15)17(19)5-6-18(19)21/h5-6,13-17,22H,3-4,7-12H2,1-2H3/t13-,14-,15+,16+,17-,19-,20+/m0/s1. The number of rotatable bonds is 2. The quantitative estimate of drug-likeness (QED) is 0.849. The minimum absolute atomic E-state index is 0.112. The molecule has 0 saturated heterocycles. The molecule has 7 atom stereocenters. The van der Waals surface area contributed by atoms with Gasteiger partial charge in [-0.05, 0) is 80.6 Å². The van der Waals surface area contributed by atoms with Crippen LogP contribution in [0.2, 0.25) is 0 Å². The summed E-state index contributed by atoms with van der Waals surface area (Å²) in [7, 11) is 1.69. The molecule has 128 valence electrons. The minimum Gasteiger partial charge on any atom is -0.387 e. The molecular weight excluding hydrogens is 288 g/mol. The van der Waals surface area contributed by atoms with Crippen molar-refractivity contribution in [2.75, 3.05) is 13.7 Å². The Bertz CT molecular complexity index is 527. The molecule has 0 radical (unpaired) electrons. The van der Waals surface area contributed by atoms with E-state index >= 15 is 0 Å². The maximum absolute atomic E-state index is 12.3. The first-order chi connectivity index (χ1) is 11.0. The number of ketones is 1. The van der Waals surface area contributed by atoms with Gasteiger partial charge in [-0.2, -0.15) is 0 Å². The van der Waals surface area contributed by atoms with Crippen LogP contribution in [-0.2, 0) is 9.53 Å². The summed E-state index contributed by atoms with van der Waals surface area (Å²) < 4.78 is 5.26. The lowest BCUT2D eigenvalue weighted by Gasteiger charge is -2.55. The molecule has 3 fully saturated rings. The average molecular weight is 318 g/mol. The predicted octanol–water partition coefficient (Wildman–Crippen LogP) is 3.36. The number of fused-ring (bicyclic) bond motifs is 5. The highest BCUT2D eigenvalue weighted by Gasteiger charge is 2.56. The van der Waals surface area contributed by atoms with Crippen LogP contribution in [0.4, 0.5) is 0 Å². The molecule has 0 unspecified atom stereocenters. The normalized spacial score (nSPS) is 52.0. The summed E-state index contributed by atoms with van der Waals surface area (Å²) >= 11 is 0. The van der Waals surface area contributed by atoms with Crippen molar-refractivity contribution in [3.05, 3.63) is 12.2 Å². The van der Waals surface area contributed by atoms with Gasteiger partial charge in [0.25, 0.3) is 0 Å². The van der Waals surface area contributed by atoms with Gasteiger partial charge in [0.1, 0.15) is 0 Å². The molecular formula is C20H30O3. The van der Waals surface area contributed by atoms with Crippen molar-refractivity contribution < 1.29 is 14.6 Å². The largest absolute Gasteiger partial charge is 0.387 e. The Hall–Kier alpha value is -0.670. The van der Waals surface area contributed by atoms with Crippen LogP contribution >= 0.6 is 0 Å². The summed E-state index contributed by atoms with van der Waals surface area (Å²) in [4.78, 5) is 12.3. The Balaban J connectivity index is 1.53. The molecule has 3 nitrogen and oxygen atoms in total. The van der Waals surface area contributed by atoms with Gasteiger partial charge in [-0.3, -0.25) is 4.79 Å². The van der Waals surface area contributed by atoms with Gasteiger partial charge in [0.2, 0.25) is 0 Å². The van der Waals surface area contributed by atoms with Crippen LogP contribution in [0.15, 0.2) is 12.2 Å². The summed E-state index contributed by atoms with van der Waals surface area (Å²) in [6, 6.07) is 0. The Kier molecular flexibility index (Phi) is 3.73. The van der Waals surface area contributed by atoms with E-state index in [-0.39, 0.29) is 5.41 Å². The molecule has 0 aromatic rings. The third kappa shape index (κ3) is 2.34. The molecule has 23 heavy (non-hydrogen) atoms. The van der Waals surface area contributed by atoms with E-state index in [9.17, 15) is 9.90 Å². The molecule has 0 aliphatic heterocycles. The number of carbonyl (C=O) groups is 1. The molecule has 1 N–H and O–H groups in total. The summed E-state index contributed by atoms with van der Waals surface area (Å²) in [5.74, 6) is 3.67. The van der Waals surface area contributed by atoms with E-state index in [0.717, 1.165) is 37.5 Å². The van der Waals surface area contributed by atoms with Crippen molar-refractivity contribution in [2.45, 2.75) is 57.5 Å². The van der Waals surface area contributed by atoms with E-state index in [1.165, 1.54) is 19.3 Å². The predicted molar refractivity (Wildman–Crippen MR) is 88.8 cm³/mol. The highest BCUT2D eigenvalue weighted by molar-refractivity contribution is 5.97. The molecule has 0 aromatic carbocycles. The maximum Gasteiger partial charge on any atom is 0.161 e. The number of allylic oxidation sites excluding steroid dienone is 2. The second-order valence-corrected chi connectivity index (χ2v) is 8.93. The highest BCUT2D eigenvalue weighted by Crippen LogP contribution is 2.60. The lowest BCUT2D eigenvalue weighted by molar-refractivity contribution is -0.136. The summed E-state index contributed by atoms with van der Waals surface area (Å²) in [6.45, 7) is 2.67. The van der Waals surface area contributed by atoms with E-state index in [4.69, 9.17) is 4.74 Å². The van der Waals surface area contributed by atoms with Crippen LogP contribution in [0.5, 0.6) is 0 Å². The van der Waals surface area contributed by atoms with Crippen molar-refractivity contribution in [1.29, 1.82) is 0 Å². The van der Waals surface area contributed by atoms with Gasteiger partial charge in [0.05, 0.1) is 12.2 Å². The van der Waals surface area contributed by atoms with Crippen molar-refractivity contribution in [3.8, 4) is 0 Å². The number of ether oxygens (including phenoxy) is 1. The third-order valence-corrected chi connectivity index (χ3v) is 7.79. The van der Waals surface area contributed by atoms with E-state index in [0.29, 0.717) is 30.1 Å². The molecule has 0 bridgehead atoms. The third-order valence-electron chi connectivity index (χ3n) is 7.79. The average Bonchev–Trinajstić information content (AvgIpc) is 2.82. The Labute approximate surface area is 139 Å². The van der Waals surface area contributed by atoms with Crippen molar-refractivity contribution in [1.82, 2.24) is 0 Å². The van der Waals surface area contributed by atoms with Gasteiger partial charge in [0, 0.05) is 12.5 Å². The Morgan fingerprint density at radius 3 is 2.74 bits per heavy atom. The summed E-state index contributed by atoms with van der Waals surface area (Å²) in [5.41, 5.74) is -0.714. The lowest BCUT2D eigenvalue weighted by atomic mass is 9.49. The molecule has 4 aliphatic carbocycles. The zero-order valence-electron chi connectivity index (χ0n) is 14.5. The molecule has 3 heteroatoms. The van der Waals surface area contributed by atoms with Crippen molar-refractivity contribution in [2.24, 2.45) is 35.0 Å².